The summed E-state index contributed by atoms with van der Waals surface area (Å²) in [7, 11) is 3.87. The van der Waals surface area contributed by atoms with E-state index in [1.54, 1.807) is 0 Å². The Bertz CT molecular complexity index is 814. The molecule has 0 spiro atoms. The van der Waals surface area contributed by atoms with Gasteiger partial charge in [0.15, 0.2) is 0 Å². The van der Waals surface area contributed by atoms with Gasteiger partial charge in [-0.3, -0.25) is 4.79 Å². The second-order valence-electron chi connectivity index (χ2n) is 7.14. The molecule has 1 aromatic carbocycles. The largest absolute Gasteiger partial charge is 0.347 e. The van der Waals surface area contributed by atoms with Crippen molar-refractivity contribution in [3.05, 3.63) is 51.8 Å². The Hall–Kier alpha value is -2.43. The zero-order valence-corrected chi connectivity index (χ0v) is 15.7. The van der Waals surface area contributed by atoms with E-state index in [2.05, 4.69) is 28.3 Å². The molecule has 0 unspecified atom stereocenters. The van der Waals surface area contributed by atoms with Gasteiger partial charge in [-0.1, -0.05) is 6.07 Å². The fraction of sp³-hybridized carbons (Fsp3) is 0.450. The Balaban J connectivity index is 1.85. The predicted molar refractivity (Wildman–Crippen MR) is 100 cm³/mol. The second kappa shape index (κ2) is 6.82. The molecule has 0 saturated heterocycles. The normalized spacial score (nSPS) is 16.3. The monoisotopic (exact) mass is 338 g/mol. The number of carbonyl (C=O) groups is 1. The first-order valence-electron chi connectivity index (χ1n) is 8.78. The number of carbonyl (C=O) groups excluding carboxylic acids is 1. The molecule has 5 heteroatoms. The molecule has 0 fully saturated rings. The smallest absolute Gasteiger partial charge is 0.252 e. The highest BCUT2D eigenvalue weighted by Crippen LogP contribution is 2.29. The molecule has 1 aromatic heterocycles. The number of fused-ring (bicyclic) bond motifs is 1. The summed E-state index contributed by atoms with van der Waals surface area (Å²) in [5.74, 6) is 0.700. The van der Waals surface area contributed by atoms with Crippen molar-refractivity contribution in [2.45, 2.75) is 46.1 Å². The molecule has 2 aromatic rings. The number of nitrogens with zero attached hydrogens (tertiary/aromatic N) is 3. The average molecular weight is 338 g/mol. The van der Waals surface area contributed by atoms with Gasteiger partial charge in [0.1, 0.15) is 0 Å². The van der Waals surface area contributed by atoms with Gasteiger partial charge in [-0.15, -0.1) is 0 Å². The molecule has 0 bridgehead atoms. The van der Waals surface area contributed by atoms with E-state index in [0.717, 1.165) is 53.2 Å². The zero-order valence-electron chi connectivity index (χ0n) is 15.7. The fourth-order valence-corrected chi connectivity index (χ4v) is 3.34. The van der Waals surface area contributed by atoms with Crippen LogP contribution < -0.4 is 10.2 Å². The van der Waals surface area contributed by atoms with E-state index in [-0.39, 0.29) is 11.9 Å². The topological polar surface area (TPSA) is 58.1 Å². The van der Waals surface area contributed by atoms with E-state index >= 15 is 0 Å². The third-order valence-corrected chi connectivity index (χ3v) is 4.96. The van der Waals surface area contributed by atoms with Crippen LogP contribution in [-0.2, 0) is 6.42 Å². The Labute approximate surface area is 149 Å². The van der Waals surface area contributed by atoms with Crippen molar-refractivity contribution >= 4 is 11.9 Å². The molecule has 1 atom stereocenters. The number of aromatic nitrogens is 2. The Kier molecular flexibility index (Phi) is 4.75. The van der Waals surface area contributed by atoms with Crippen LogP contribution in [0.15, 0.2) is 18.3 Å². The van der Waals surface area contributed by atoms with E-state index in [9.17, 15) is 4.79 Å². The summed E-state index contributed by atoms with van der Waals surface area (Å²) in [6, 6.07) is 4.04. The highest BCUT2D eigenvalue weighted by Gasteiger charge is 2.25. The number of benzene rings is 1. The minimum atomic E-state index is -0.0199. The molecule has 0 aliphatic heterocycles. The average Bonchev–Trinajstić information content (AvgIpc) is 2.57. The summed E-state index contributed by atoms with van der Waals surface area (Å²) in [6.07, 6.45) is 4.75. The van der Waals surface area contributed by atoms with Crippen LogP contribution in [0.25, 0.3) is 0 Å². The Morgan fingerprint density at radius 2 is 1.88 bits per heavy atom. The molecule has 3 rings (SSSR count). The number of hydrogen-bond acceptors (Lipinski definition) is 4. The summed E-state index contributed by atoms with van der Waals surface area (Å²) >= 11 is 0. The molecule has 5 nitrogen and oxygen atoms in total. The molecule has 1 heterocycles. The third kappa shape index (κ3) is 3.50. The van der Waals surface area contributed by atoms with Crippen LogP contribution in [0.5, 0.6) is 0 Å². The summed E-state index contributed by atoms with van der Waals surface area (Å²) in [5, 5.41) is 3.20. The van der Waals surface area contributed by atoms with Crippen molar-refractivity contribution < 1.29 is 4.79 Å². The maximum atomic E-state index is 12.8. The SMILES string of the molecule is Cc1cc(C)c(C(=O)N[C@@H]2CCCc3nc(N(C)C)ncc32)cc1C. The van der Waals surface area contributed by atoms with E-state index < -0.39 is 0 Å². The molecule has 0 radical (unpaired) electrons. The van der Waals surface area contributed by atoms with E-state index in [1.165, 1.54) is 5.56 Å². The van der Waals surface area contributed by atoms with Crippen LogP contribution >= 0.6 is 0 Å². The van der Waals surface area contributed by atoms with Gasteiger partial charge in [-0.25, -0.2) is 9.97 Å². The van der Waals surface area contributed by atoms with Gasteiger partial charge in [0, 0.05) is 31.4 Å². The van der Waals surface area contributed by atoms with E-state index in [0.29, 0.717) is 0 Å². The first-order chi connectivity index (χ1) is 11.9. The lowest BCUT2D eigenvalue weighted by molar-refractivity contribution is 0.0932. The number of nitrogens with one attached hydrogen (secondary N) is 1. The van der Waals surface area contributed by atoms with Gasteiger partial charge in [0.25, 0.3) is 5.91 Å². The van der Waals surface area contributed by atoms with Crippen LogP contribution in [0.4, 0.5) is 5.95 Å². The number of rotatable bonds is 3. The van der Waals surface area contributed by atoms with Gasteiger partial charge in [-0.2, -0.15) is 0 Å². The molecular formula is C20H26N4O. The molecule has 1 N–H and O–H groups in total. The first-order valence-corrected chi connectivity index (χ1v) is 8.78. The van der Waals surface area contributed by atoms with Crippen LogP contribution in [0.3, 0.4) is 0 Å². The fourth-order valence-electron chi connectivity index (χ4n) is 3.34. The zero-order chi connectivity index (χ0) is 18.1. The molecule has 132 valence electrons. The highest BCUT2D eigenvalue weighted by molar-refractivity contribution is 5.96. The molecule has 1 aliphatic carbocycles. The van der Waals surface area contributed by atoms with Crippen molar-refractivity contribution in [3.63, 3.8) is 0 Å². The van der Waals surface area contributed by atoms with Gasteiger partial charge in [0.05, 0.1) is 11.7 Å². The molecule has 1 aliphatic rings. The molecule has 1 amide bonds. The van der Waals surface area contributed by atoms with Crippen molar-refractivity contribution in [1.29, 1.82) is 0 Å². The number of anilines is 1. The van der Waals surface area contributed by atoms with Crippen molar-refractivity contribution in [2.75, 3.05) is 19.0 Å². The number of hydrogen-bond donors (Lipinski definition) is 1. The Morgan fingerprint density at radius 1 is 1.16 bits per heavy atom. The minimum absolute atomic E-state index is 0.0184. The standard InChI is InChI=1S/C20H26N4O/c1-12-9-14(3)15(10-13(12)2)19(25)22-17-7-6-8-18-16(17)11-21-20(23-18)24(4)5/h9-11,17H,6-8H2,1-5H3,(H,22,25)/t17-/m1/s1. The van der Waals surface area contributed by atoms with Gasteiger partial charge in [-0.05, 0) is 62.8 Å². The van der Waals surface area contributed by atoms with E-state index in [4.69, 9.17) is 0 Å². The van der Waals surface area contributed by atoms with Crippen LogP contribution in [0.1, 0.15) is 57.2 Å². The van der Waals surface area contributed by atoms with Crippen molar-refractivity contribution in [1.82, 2.24) is 15.3 Å². The third-order valence-electron chi connectivity index (χ3n) is 4.96. The second-order valence-corrected chi connectivity index (χ2v) is 7.14. The lowest BCUT2D eigenvalue weighted by atomic mass is 9.91. The number of amides is 1. The number of aryl methyl sites for hydroxylation is 4. The van der Waals surface area contributed by atoms with Crippen LogP contribution in [0, 0.1) is 20.8 Å². The lowest BCUT2D eigenvalue weighted by Crippen LogP contribution is -2.32. The van der Waals surface area contributed by atoms with Gasteiger partial charge >= 0.3 is 0 Å². The first kappa shape index (κ1) is 17.4. The summed E-state index contributed by atoms with van der Waals surface area (Å²) in [6.45, 7) is 6.10. The van der Waals surface area contributed by atoms with Crippen molar-refractivity contribution in [2.24, 2.45) is 0 Å². The summed E-state index contributed by atoms with van der Waals surface area (Å²) in [5.41, 5.74) is 6.20. The lowest BCUT2D eigenvalue weighted by Gasteiger charge is -2.26. The quantitative estimate of drug-likeness (QED) is 0.933. The van der Waals surface area contributed by atoms with Gasteiger partial charge < -0.3 is 10.2 Å². The highest BCUT2D eigenvalue weighted by atomic mass is 16.1. The maximum absolute atomic E-state index is 12.8. The van der Waals surface area contributed by atoms with Crippen molar-refractivity contribution in [3.8, 4) is 0 Å². The Morgan fingerprint density at radius 3 is 2.60 bits per heavy atom. The predicted octanol–water partition coefficient (Wildman–Crippen LogP) is 3.28. The summed E-state index contributed by atoms with van der Waals surface area (Å²) in [4.78, 5) is 23.8. The van der Waals surface area contributed by atoms with Gasteiger partial charge in [0.2, 0.25) is 5.95 Å². The summed E-state index contributed by atoms with van der Waals surface area (Å²) < 4.78 is 0. The van der Waals surface area contributed by atoms with Crippen LogP contribution in [0.2, 0.25) is 0 Å². The minimum Gasteiger partial charge on any atom is -0.347 e. The van der Waals surface area contributed by atoms with E-state index in [1.807, 2.05) is 45.1 Å². The molecule has 25 heavy (non-hydrogen) atoms. The molecule has 0 saturated carbocycles. The maximum Gasteiger partial charge on any atom is 0.252 e. The van der Waals surface area contributed by atoms with Crippen LogP contribution in [-0.4, -0.2) is 30.0 Å². The molecular weight excluding hydrogens is 312 g/mol.